The second-order valence-electron chi connectivity index (χ2n) is 9.42. The Balaban J connectivity index is 1.54. The van der Waals surface area contributed by atoms with Crippen molar-refractivity contribution in [2.75, 3.05) is 13.6 Å². The summed E-state index contributed by atoms with van der Waals surface area (Å²) in [6, 6.07) is 10.5. The van der Waals surface area contributed by atoms with E-state index in [1.165, 1.54) is 0 Å². The lowest BCUT2D eigenvalue weighted by atomic mass is 9.77. The molecule has 2 fully saturated rings. The first-order valence-corrected chi connectivity index (χ1v) is 11.9. The van der Waals surface area contributed by atoms with Gasteiger partial charge in [0.1, 0.15) is 12.6 Å². The first-order valence-electron chi connectivity index (χ1n) is 11.9. The third kappa shape index (κ3) is 6.00. The molecule has 6 nitrogen and oxygen atoms in total. The van der Waals surface area contributed by atoms with Gasteiger partial charge in [0, 0.05) is 24.7 Å². The minimum absolute atomic E-state index is 0.0541. The van der Waals surface area contributed by atoms with Crippen LogP contribution in [0, 0.1) is 5.92 Å². The van der Waals surface area contributed by atoms with Crippen LogP contribution >= 0.6 is 0 Å². The predicted molar refractivity (Wildman–Crippen MR) is 123 cm³/mol. The Morgan fingerprint density at radius 1 is 1.23 bits per heavy atom. The lowest BCUT2D eigenvalue weighted by Gasteiger charge is -2.44. The van der Waals surface area contributed by atoms with Gasteiger partial charge in [-0.25, -0.2) is 4.79 Å². The highest BCUT2D eigenvalue weighted by molar-refractivity contribution is 5.87. The SMILES string of the molecule is CCC[C@@H]1C[C@H](N(C)C(C)C)CC[C@@H]1N1CC[C@H](NC(=O)OCc2ccccc2)C1=O. The Bertz CT molecular complexity index is 724. The molecule has 0 aromatic heterocycles. The van der Waals surface area contributed by atoms with Crippen LogP contribution in [0.25, 0.3) is 0 Å². The zero-order valence-electron chi connectivity index (χ0n) is 19.5. The van der Waals surface area contributed by atoms with E-state index in [1.807, 2.05) is 35.2 Å². The Morgan fingerprint density at radius 3 is 2.65 bits per heavy atom. The number of rotatable bonds is 8. The van der Waals surface area contributed by atoms with E-state index >= 15 is 0 Å². The number of nitrogens with zero attached hydrogens (tertiary/aromatic N) is 2. The molecule has 1 N–H and O–H groups in total. The summed E-state index contributed by atoms with van der Waals surface area (Å²) < 4.78 is 5.32. The number of hydrogen-bond acceptors (Lipinski definition) is 4. The first kappa shape index (κ1) is 23.6. The summed E-state index contributed by atoms with van der Waals surface area (Å²) >= 11 is 0. The van der Waals surface area contributed by atoms with E-state index in [4.69, 9.17) is 4.74 Å². The summed E-state index contributed by atoms with van der Waals surface area (Å²) in [5.41, 5.74) is 0.933. The molecule has 172 valence electrons. The summed E-state index contributed by atoms with van der Waals surface area (Å²) in [6.45, 7) is 7.66. The number of carbonyl (C=O) groups excluding carboxylic acids is 2. The molecule has 0 unspecified atom stereocenters. The minimum Gasteiger partial charge on any atom is -0.445 e. The number of hydrogen-bond donors (Lipinski definition) is 1. The van der Waals surface area contributed by atoms with Crippen LogP contribution in [0.15, 0.2) is 30.3 Å². The highest BCUT2D eigenvalue weighted by atomic mass is 16.5. The fraction of sp³-hybridized carbons (Fsp3) is 0.680. The van der Waals surface area contributed by atoms with Crippen molar-refractivity contribution in [1.29, 1.82) is 0 Å². The van der Waals surface area contributed by atoms with Crippen molar-refractivity contribution in [1.82, 2.24) is 15.1 Å². The number of likely N-dealkylation sites (tertiary alicyclic amines) is 1. The van der Waals surface area contributed by atoms with Gasteiger partial charge in [0.25, 0.3) is 0 Å². The Kier molecular flexibility index (Phi) is 8.35. The number of ether oxygens (including phenoxy) is 1. The van der Waals surface area contributed by atoms with E-state index in [-0.39, 0.29) is 18.6 Å². The minimum atomic E-state index is -0.517. The molecular weight excluding hydrogens is 390 g/mol. The molecule has 0 bridgehead atoms. The van der Waals surface area contributed by atoms with Gasteiger partial charge in [-0.2, -0.15) is 0 Å². The standard InChI is InChI=1S/C25H39N3O3/c1-5-9-20-16-21(27(4)18(2)3)12-13-23(20)28-15-14-22(24(28)29)26-25(30)31-17-19-10-7-6-8-11-19/h6-8,10-11,18,20-23H,5,9,12-17H2,1-4H3,(H,26,30)/t20-,21-,22+,23+/m1/s1. The Morgan fingerprint density at radius 2 is 1.97 bits per heavy atom. The molecule has 2 aliphatic rings. The largest absolute Gasteiger partial charge is 0.445 e. The lowest BCUT2D eigenvalue weighted by Crippen LogP contribution is -2.51. The van der Waals surface area contributed by atoms with Gasteiger partial charge in [0.15, 0.2) is 0 Å². The van der Waals surface area contributed by atoms with Gasteiger partial charge < -0.3 is 19.9 Å². The van der Waals surface area contributed by atoms with Crippen molar-refractivity contribution in [2.45, 2.75) is 90.1 Å². The summed E-state index contributed by atoms with van der Waals surface area (Å²) in [4.78, 5) is 29.9. The van der Waals surface area contributed by atoms with Crippen LogP contribution in [0.4, 0.5) is 4.79 Å². The normalized spacial score (nSPS) is 26.5. The molecule has 0 radical (unpaired) electrons. The van der Waals surface area contributed by atoms with Crippen molar-refractivity contribution < 1.29 is 14.3 Å². The maximum absolute atomic E-state index is 13.1. The average molecular weight is 430 g/mol. The summed E-state index contributed by atoms with van der Waals surface area (Å²) in [5, 5.41) is 2.80. The maximum Gasteiger partial charge on any atom is 0.408 e. The molecule has 1 aliphatic heterocycles. The molecule has 31 heavy (non-hydrogen) atoms. The Hall–Kier alpha value is -2.08. The van der Waals surface area contributed by atoms with Crippen LogP contribution in [-0.4, -0.2) is 59.6 Å². The van der Waals surface area contributed by atoms with Crippen LogP contribution in [0.2, 0.25) is 0 Å². The summed E-state index contributed by atoms with van der Waals surface area (Å²) in [5.74, 6) is 0.580. The molecule has 4 atom stereocenters. The second-order valence-corrected chi connectivity index (χ2v) is 9.42. The van der Waals surface area contributed by atoms with Crippen LogP contribution < -0.4 is 5.32 Å². The third-order valence-electron chi connectivity index (χ3n) is 7.11. The molecule has 6 heteroatoms. The van der Waals surface area contributed by atoms with Crippen molar-refractivity contribution in [3.05, 3.63) is 35.9 Å². The van der Waals surface area contributed by atoms with Gasteiger partial charge in [-0.15, -0.1) is 0 Å². The van der Waals surface area contributed by atoms with Crippen LogP contribution in [-0.2, 0) is 16.1 Å². The quantitative estimate of drug-likeness (QED) is 0.673. The molecule has 3 rings (SSSR count). The maximum atomic E-state index is 13.1. The molecule has 1 aromatic rings. The van der Waals surface area contributed by atoms with Crippen molar-refractivity contribution in [3.8, 4) is 0 Å². The molecule has 1 saturated heterocycles. The molecule has 1 heterocycles. The van der Waals surface area contributed by atoms with E-state index in [2.05, 4.69) is 38.0 Å². The van der Waals surface area contributed by atoms with Gasteiger partial charge in [-0.1, -0.05) is 43.7 Å². The van der Waals surface area contributed by atoms with E-state index in [1.54, 1.807) is 0 Å². The highest BCUT2D eigenvalue weighted by Gasteiger charge is 2.42. The topological polar surface area (TPSA) is 61.9 Å². The first-order chi connectivity index (χ1) is 14.9. The molecule has 2 amide bonds. The van der Waals surface area contributed by atoms with E-state index in [9.17, 15) is 9.59 Å². The van der Waals surface area contributed by atoms with Crippen LogP contribution in [0.5, 0.6) is 0 Å². The third-order valence-corrected chi connectivity index (χ3v) is 7.11. The van der Waals surface area contributed by atoms with E-state index < -0.39 is 12.1 Å². The summed E-state index contributed by atoms with van der Waals surface area (Å²) in [7, 11) is 2.22. The zero-order chi connectivity index (χ0) is 22.4. The molecular formula is C25H39N3O3. The van der Waals surface area contributed by atoms with E-state index in [0.29, 0.717) is 24.4 Å². The Labute approximate surface area is 187 Å². The molecule has 1 aliphatic carbocycles. The smallest absolute Gasteiger partial charge is 0.408 e. The number of benzene rings is 1. The molecule has 0 spiro atoms. The van der Waals surface area contributed by atoms with Crippen molar-refractivity contribution >= 4 is 12.0 Å². The van der Waals surface area contributed by atoms with E-state index in [0.717, 1.165) is 44.2 Å². The van der Waals surface area contributed by atoms with Gasteiger partial charge >= 0.3 is 6.09 Å². The number of alkyl carbamates (subject to hydrolysis) is 1. The van der Waals surface area contributed by atoms with Gasteiger partial charge in [0.05, 0.1) is 0 Å². The average Bonchev–Trinajstić information content (AvgIpc) is 3.12. The van der Waals surface area contributed by atoms with Crippen molar-refractivity contribution in [2.24, 2.45) is 5.92 Å². The monoisotopic (exact) mass is 429 g/mol. The summed E-state index contributed by atoms with van der Waals surface area (Å²) in [6.07, 6.45) is 5.74. The lowest BCUT2D eigenvalue weighted by molar-refractivity contribution is -0.133. The molecule has 1 aromatic carbocycles. The van der Waals surface area contributed by atoms with Crippen LogP contribution in [0.1, 0.15) is 64.9 Å². The second kappa shape index (κ2) is 11.0. The van der Waals surface area contributed by atoms with Crippen LogP contribution in [0.3, 0.4) is 0 Å². The number of carbonyl (C=O) groups is 2. The highest BCUT2D eigenvalue weighted by Crippen LogP contribution is 2.36. The van der Waals surface area contributed by atoms with Gasteiger partial charge in [0.2, 0.25) is 5.91 Å². The van der Waals surface area contributed by atoms with Gasteiger partial charge in [-0.05, 0) is 64.5 Å². The predicted octanol–water partition coefficient (Wildman–Crippen LogP) is 4.19. The fourth-order valence-corrected chi connectivity index (χ4v) is 5.18. The number of amides is 2. The van der Waals surface area contributed by atoms with Crippen molar-refractivity contribution in [3.63, 3.8) is 0 Å². The van der Waals surface area contributed by atoms with Gasteiger partial charge in [-0.3, -0.25) is 4.79 Å². The fourth-order valence-electron chi connectivity index (χ4n) is 5.18. The number of nitrogens with one attached hydrogen (secondary N) is 1. The zero-order valence-corrected chi connectivity index (χ0v) is 19.5. The molecule has 1 saturated carbocycles.